The number of hydrogen-bond acceptors (Lipinski definition) is 0. The number of aromatic nitrogens is 2. The Kier molecular flexibility index (Phi) is 10.6. The Morgan fingerprint density at radius 1 is 0.176 bits per heavy atom. The first kappa shape index (κ1) is 43.1. The van der Waals surface area contributed by atoms with Crippen LogP contribution in [0.2, 0.25) is 0 Å². The molecule has 12 aromatic carbocycles. The lowest BCUT2D eigenvalue weighted by Gasteiger charge is -2.14. The van der Waals surface area contributed by atoms with E-state index >= 15 is 0 Å². The topological polar surface area (TPSA) is 9.86 Å². The van der Waals surface area contributed by atoms with E-state index in [4.69, 9.17) is 0 Å². The average molecular weight is 941 g/mol. The van der Waals surface area contributed by atoms with Crippen molar-refractivity contribution in [2.75, 3.05) is 0 Å². The lowest BCUT2D eigenvalue weighted by atomic mass is 9.95. The van der Waals surface area contributed by atoms with Gasteiger partial charge >= 0.3 is 0 Å². The number of hydrogen-bond donors (Lipinski definition) is 0. The van der Waals surface area contributed by atoms with Crippen LogP contribution < -0.4 is 0 Å². The molecule has 2 nitrogen and oxygen atoms in total. The molecule has 14 rings (SSSR count). The van der Waals surface area contributed by atoms with Gasteiger partial charge in [-0.1, -0.05) is 224 Å². The maximum absolute atomic E-state index is 2.43. The van der Waals surface area contributed by atoms with Gasteiger partial charge in [-0.3, -0.25) is 0 Å². The highest BCUT2D eigenvalue weighted by Crippen LogP contribution is 2.41. The molecule has 0 aliphatic carbocycles. The Morgan fingerprint density at radius 3 is 1.07 bits per heavy atom. The molecular formula is C72H48N2. The lowest BCUT2D eigenvalue weighted by molar-refractivity contribution is 1.18. The van der Waals surface area contributed by atoms with Crippen molar-refractivity contribution in [2.24, 2.45) is 0 Å². The zero-order valence-corrected chi connectivity index (χ0v) is 40.6. The largest absolute Gasteiger partial charge is 0.309 e. The number of fused-ring (bicyclic) bond motifs is 6. The molecule has 0 aliphatic rings. The highest BCUT2D eigenvalue weighted by molar-refractivity contribution is 6.13. The van der Waals surface area contributed by atoms with E-state index in [0.717, 1.165) is 5.69 Å². The van der Waals surface area contributed by atoms with E-state index in [2.05, 4.69) is 300 Å². The van der Waals surface area contributed by atoms with Crippen molar-refractivity contribution in [3.63, 3.8) is 0 Å². The Morgan fingerprint density at radius 2 is 0.514 bits per heavy atom. The summed E-state index contributed by atoms with van der Waals surface area (Å²) in [5, 5.41) is 4.96. The van der Waals surface area contributed by atoms with Crippen LogP contribution in [0, 0.1) is 0 Å². The Balaban J connectivity index is 0.767. The summed E-state index contributed by atoms with van der Waals surface area (Å²) in [5.41, 5.74) is 23.9. The smallest absolute Gasteiger partial charge is 0.0541 e. The summed E-state index contributed by atoms with van der Waals surface area (Å²) in [7, 11) is 0. The summed E-state index contributed by atoms with van der Waals surface area (Å²) < 4.78 is 4.86. The van der Waals surface area contributed by atoms with E-state index in [9.17, 15) is 0 Å². The van der Waals surface area contributed by atoms with Gasteiger partial charge in [-0.05, 0) is 139 Å². The molecule has 0 saturated carbocycles. The fraction of sp³-hybridized carbons (Fsp3) is 0. The van der Waals surface area contributed by atoms with Gasteiger partial charge in [0.1, 0.15) is 0 Å². The number of nitrogens with zero attached hydrogens (tertiary/aromatic N) is 2. The summed E-state index contributed by atoms with van der Waals surface area (Å²) in [6.07, 6.45) is 0. The number of para-hydroxylation sites is 3. The minimum Gasteiger partial charge on any atom is -0.309 e. The molecule has 0 saturated heterocycles. The summed E-state index contributed by atoms with van der Waals surface area (Å²) in [6, 6.07) is 106. The lowest BCUT2D eigenvalue weighted by Crippen LogP contribution is -1.97. The van der Waals surface area contributed by atoms with Gasteiger partial charge in [0.2, 0.25) is 0 Å². The van der Waals surface area contributed by atoms with E-state index in [-0.39, 0.29) is 0 Å². The van der Waals surface area contributed by atoms with Gasteiger partial charge in [-0.2, -0.15) is 0 Å². The molecule has 2 heterocycles. The highest BCUT2D eigenvalue weighted by Gasteiger charge is 2.18. The molecule has 2 aromatic heterocycles. The van der Waals surface area contributed by atoms with Crippen LogP contribution in [0.1, 0.15) is 0 Å². The molecule has 0 spiro atoms. The fourth-order valence-corrected chi connectivity index (χ4v) is 11.3. The van der Waals surface area contributed by atoms with Gasteiger partial charge in [0.15, 0.2) is 0 Å². The average Bonchev–Trinajstić information content (AvgIpc) is 4.03. The first-order valence-electron chi connectivity index (χ1n) is 25.5. The van der Waals surface area contributed by atoms with E-state index in [0.29, 0.717) is 0 Å². The molecule has 0 bridgehead atoms. The second-order valence-corrected chi connectivity index (χ2v) is 19.3. The Labute approximate surface area is 431 Å². The summed E-state index contributed by atoms with van der Waals surface area (Å²) in [6.45, 7) is 0. The zero-order valence-electron chi connectivity index (χ0n) is 40.6. The summed E-state index contributed by atoms with van der Waals surface area (Å²) >= 11 is 0. The third kappa shape index (κ3) is 7.60. The first-order chi connectivity index (χ1) is 36.7. The van der Waals surface area contributed by atoms with E-state index in [1.807, 2.05) is 0 Å². The van der Waals surface area contributed by atoms with Crippen molar-refractivity contribution in [3.8, 4) is 89.3 Å². The van der Waals surface area contributed by atoms with Gasteiger partial charge in [-0.15, -0.1) is 0 Å². The van der Waals surface area contributed by atoms with Crippen LogP contribution >= 0.6 is 0 Å². The molecule has 74 heavy (non-hydrogen) atoms. The molecule has 0 amide bonds. The second-order valence-electron chi connectivity index (χ2n) is 19.3. The predicted octanol–water partition coefficient (Wildman–Crippen LogP) is 19.5. The van der Waals surface area contributed by atoms with E-state index in [1.165, 1.54) is 127 Å². The standard InChI is InChI=1S/C72H48N2/c1-3-16-49(17-4-1)50-32-34-51(35-33-50)55-20-13-22-57(44-55)58-23-14-21-56(45-58)52-36-38-53(39-37-52)59-24-15-25-62(46-59)73-69-30-11-8-27-64(69)66-47-60(40-42-71(66)73)61-41-43-72-67(48-61)65-28-9-12-31-70(65)74(72)68-29-10-7-26-63(68)54-18-5-2-6-19-54/h1-48H. The number of rotatable bonds is 9. The van der Waals surface area contributed by atoms with Crippen molar-refractivity contribution < 1.29 is 0 Å². The van der Waals surface area contributed by atoms with E-state index in [1.54, 1.807) is 0 Å². The van der Waals surface area contributed by atoms with Gasteiger partial charge in [-0.25, -0.2) is 0 Å². The van der Waals surface area contributed by atoms with Crippen LogP contribution in [0.25, 0.3) is 133 Å². The predicted molar refractivity (Wildman–Crippen MR) is 313 cm³/mol. The van der Waals surface area contributed by atoms with Crippen molar-refractivity contribution in [1.29, 1.82) is 0 Å². The summed E-state index contributed by atoms with van der Waals surface area (Å²) in [5.74, 6) is 0. The molecule has 14 aromatic rings. The molecular weight excluding hydrogens is 893 g/mol. The Hall–Kier alpha value is -9.76. The zero-order chi connectivity index (χ0) is 49.0. The minimum absolute atomic E-state index is 1.14. The molecule has 0 aliphatic heterocycles. The molecule has 0 unspecified atom stereocenters. The van der Waals surface area contributed by atoms with Gasteiger partial charge in [0.05, 0.1) is 27.8 Å². The van der Waals surface area contributed by atoms with Crippen molar-refractivity contribution >= 4 is 43.6 Å². The maximum Gasteiger partial charge on any atom is 0.0541 e. The first-order valence-corrected chi connectivity index (χ1v) is 25.5. The van der Waals surface area contributed by atoms with Crippen molar-refractivity contribution in [3.05, 3.63) is 291 Å². The van der Waals surface area contributed by atoms with Gasteiger partial charge in [0, 0.05) is 32.8 Å². The third-order valence-corrected chi connectivity index (χ3v) is 14.9. The molecule has 346 valence electrons. The van der Waals surface area contributed by atoms with Crippen LogP contribution in [-0.4, -0.2) is 9.13 Å². The highest BCUT2D eigenvalue weighted by atomic mass is 15.0. The number of benzene rings is 12. The molecule has 0 radical (unpaired) electrons. The van der Waals surface area contributed by atoms with E-state index < -0.39 is 0 Å². The Bertz CT molecular complexity index is 4390. The fourth-order valence-electron chi connectivity index (χ4n) is 11.3. The monoisotopic (exact) mass is 940 g/mol. The van der Waals surface area contributed by atoms with Crippen LogP contribution in [-0.2, 0) is 0 Å². The molecule has 0 fully saturated rings. The van der Waals surface area contributed by atoms with Crippen molar-refractivity contribution in [2.45, 2.75) is 0 Å². The SMILES string of the molecule is c1ccc(-c2ccc(-c3cccc(-c4cccc(-c5ccc(-c6cccc(-n7c8ccccc8c8cc(-c9ccc%10c(c9)c9ccccc9n%10-c9ccccc9-c9ccccc9)ccc87)c6)cc5)c4)c3)cc2)cc1. The maximum atomic E-state index is 2.43. The summed E-state index contributed by atoms with van der Waals surface area (Å²) in [4.78, 5) is 0. The van der Waals surface area contributed by atoms with Crippen molar-refractivity contribution in [1.82, 2.24) is 9.13 Å². The van der Waals surface area contributed by atoms with Crippen LogP contribution in [0.15, 0.2) is 291 Å². The normalized spacial score (nSPS) is 11.5. The third-order valence-electron chi connectivity index (χ3n) is 14.9. The van der Waals surface area contributed by atoms with Crippen LogP contribution in [0.4, 0.5) is 0 Å². The molecule has 0 atom stereocenters. The van der Waals surface area contributed by atoms with Gasteiger partial charge < -0.3 is 9.13 Å². The van der Waals surface area contributed by atoms with Crippen LogP contribution in [0.5, 0.6) is 0 Å². The molecule has 2 heteroatoms. The van der Waals surface area contributed by atoms with Gasteiger partial charge in [0.25, 0.3) is 0 Å². The second kappa shape index (κ2) is 18.1. The molecule has 0 N–H and O–H groups in total. The minimum atomic E-state index is 1.14. The van der Waals surface area contributed by atoms with Crippen LogP contribution in [0.3, 0.4) is 0 Å². The quantitative estimate of drug-likeness (QED) is 0.136.